The molecule has 0 spiro atoms. The van der Waals surface area contributed by atoms with Gasteiger partial charge in [0, 0.05) is 0 Å². The van der Waals surface area contributed by atoms with Gasteiger partial charge in [0.25, 0.3) is 0 Å². The lowest BCUT2D eigenvalue weighted by Gasteiger charge is -2.28. The first kappa shape index (κ1) is 18.8. The van der Waals surface area contributed by atoms with Gasteiger partial charge in [0.1, 0.15) is 6.54 Å². The Balaban J connectivity index is 2.53. The van der Waals surface area contributed by atoms with Gasteiger partial charge < -0.3 is 10.2 Å². The molecule has 10 heteroatoms. The predicted octanol–water partition coefficient (Wildman–Crippen LogP) is -0.463. The Morgan fingerprint density at radius 1 is 1.29 bits per heavy atom. The Hall–Kier alpha value is -1.49. The first-order valence-electron chi connectivity index (χ1n) is 7.13. The molecule has 0 aromatic heterocycles. The average Bonchev–Trinajstić information content (AvgIpc) is 2.68. The van der Waals surface area contributed by atoms with E-state index in [4.69, 9.17) is 5.11 Å². The molecular formula is C14H19NO7S2. The van der Waals surface area contributed by atoms with Gasteiger partial charge in [-0.25, -0.2) is 16.8 Å². The van der Waals surface area contributed by atoms with Crippen molar-refractivity contribution in [1.29, 1.82) is 0 Å². The summed E-state index contributed by atoms with van der Waals surface area (Å²) in [5.41, 5.74) is 1.25. The van der Waals surface area contributed by atoms with Crippen LogP contribution in [0.5, 0.6) is 0 Å². The number of sulfone groups is 1. The van der Waals surface area contributed by atoms with Gasteiger partial charge in [-0.2, -0.15) is 4.31 Å². The van der Waals surface area contributed by atoms with Gasteiger partial charge in [-0.1, -0.05) is 17.7 Å². The molecule has 1 heterocycles. The molecule has 1 saturated heterocycles. The van der Waals surface area contributed by atoms with Gasteiger partial charge in [-0.05, 0) is 25.5 Å². The van der Waals surface area contributed by atoms with Crippen molar-refractivity contribution < 1.29 is 31.8 Å². The van der Waals surface area contributed by atoms with E-state index in [1.54, 1.807) is 26.0 Å². The number of hydrogen-bond acceptors (Lipinski definition) is 6. The second kappa shape index (κ2) is 6.43. The van der Waals surface area contributed by atoms with Crippen LogP contribution in [0.25, 0.3) is 0 Å². The molecule has 2 rings (SSSR count). The second-order valence-electron chi connectivity index (χ2n) is 5.92. The zero-order valence-corrected chi connectivity index (χ0v) is 14.8. The smallest absolute Gasteiger partial charge is 0.318 e. The highest BCUT2D eigenvalue weighted by molar-refractivity contribution is 7.92. The number of nitrogens with zero attached hydrogens (tertiary/aromatic N) is 1. The largest absolute Gasteiger partial charge is 0.480 e. The molecule has 0 radical (unpaired) electrons. The molecule has 0 saturated carbocycles. The summed E-state index contributed by atoms with van der Waals surface area (Å²) >= 11 is 0. The number of aliphatic hydroxyl groups is 1. The third-order valence-corrected chi connectivity index (χ3v) is 7.60. The van der Waals surface area contributed by atoms with Crippen LogP contribution < -0.4 is 0 Å². The van der Waals surface area contributed by atoms with Crippen molar-refractivity contribution in [2.75, 3.05) is 18.1 Å². The lowest BCUT2D eigenvalue weighted by atomic mass is 10.2. The van der Waals surface area contributed by atoms with E-state index in [-0.39, 0.29) is 4.90 Å². The summed E-state index contributed by atoms with van der Waals surface area (Å²) < 4.78 is 49.7. The van der Waals surface area contributed by atoms with Crippen LogP contribution in [-0.2, 0) is 24.7 Å². The molecule has 134 valence electrons. The second-order valence-corrected chi connectivity index (χ2v) is 9.94. The van der Waals surface area contributed by atoms with Crippen molar-refractivity contribution >= 4 is 25.8 Å². The lowest BCUT2D eigenvalue weighted by Crippen LogP contribution is -2.49. The van der Waals surface area contributed by atoms with Crippen LogP contribution in [0, 0.1) is 13.8 Å². The van der Waals surface area contributed by atoms with E-state index < -0.39 is 56.0 Å². The number of aryl methyl sites for hydroxylation is 2. The van der Waals surface area contributed by atoms with Crippen LogP contribution in [0.2, 0.25) is 0 Å². The molecule has 0 unspecified atom stereocenters. The number of rotatable bonds is 5. The zero-order chi connectivity index (χ0) is 18.3. The van der Waals surface area contributed by atoms with Gasteiger partial charge >= 0.3 is 5.97 Å². The number of sulfonamides is 1. The molecule has 24 heavy (non-hydrogen) atoms. The number of aliphatic carboxylic acids is 1. The van der Waals surface area contributed by atoms with Gasteiger partial charge in [0.15, 0.2) is 9.84 Å². The molecule has 1 aliphatic heterocycles. The Kier molecular flexibility index (Phi) is 5.05. The molecule has 2 atom stereocenters. The summed E-state index contributed by atoms with van der Waals surface area (Å²) in [6.45, 7) is 2.43. The molecule has 8 nitrogen and oxygen atoms in total. The van der Waals surface area contributed by atoms with Crippen molar-refractivity contribution in [3.63, 3.8) is 0 Å². The summed E-state index contributed by atoms with van der Waals surface area (Å²) in [7, 11) is -7.92. The molecular weight excluding hydrogens is 358 g/mol. The Labute approximate surface area is 140 Å². The summed E-state index contributed by atoms with van der Waals surface area (Å²) in [6, 6.07) is 3.23. The third kappa shape index (κ3) is 3.77. The maximum Gasteiger partial charge on any atom is 0.318 e. The third-order valence-electron chi connectivity index (χ3n) is 3.87. The number of hydrogen-bond donors (Lipinski definition) is 2. The summed E-state index contributed by atoms with van der Waals surface area (Å²) in [4.78, 5) is 11.0. The Bertz CT molecular complexity index is 861. The first-order valence-corrected chi connectivity index (χ1v) is 10.4. The maximum atomic E-state index is 12.9. The normalized spacial score (nSPS) is 23.5. The fourth-order valence-electron chi connectivity index (χ4n) is 2.81. The highest BCUT2D eigenvalue weighted by atomic mass is 32.2. The van der Waals surface area contributed by atoms with Crippen LogP contribution in [0.3, 0.4) is 0 Å². The lowest BCUT2D eigenvalue weighted by molar-refractivity contribution is -0.137. The van der Waals surface area contributed by atoms with E-state index >= 15 is 0 Å². The molecule has 1 aromatic rings. The van der Waals surface area contributed by atoms with E-state index in [1.165, 1.54) is 6.07 Å². The van der Waals surface area contributed by atoms with Crippen LogP contribution >= 0.6 is 0 Å². The SMILES string of the molecule is Cc1ccc(S(=O)(=O)N(CC(=O)O)[C@@H]2CS(=O)(=O)C[C@H]2O)c(C)c1. The first-order chi connectivity index (χ1) is 10.9. The number of carboxylic acid groups (broad SMARTS) is 1. The van der Waals surface area contributed by atoms with E-state index in [1.807, 2.05) is 0 Å². The van der Waals surface area contributed by atoms with Crippen molar-refractivity contribution in [2.24, 2.45) is 0 Å². The van der Waals surface area contributed by atoms with Crippen LogP contribution in [0.4, 0.5) is 0 Å². The van der Waals surface area contributed by atoms with Crippen molar-refractivity contribution in [2.45, 2.75) is 30.9 Å². The van der Waals surface area contributed by atoms with Gasteiger partial charge in [-0.3, -0.25) is 4.79 Å². The summed E-state index contributed by atoms with van der Waals surface area (Å²) in [5, 5.41) is 19.0. The minimum atomic E-state index is -4.28. The maximum absolute atomic E-state index is 12.9. The van der Waals surface area contributed by atoms with Crippen LogP contribution in [-0.4, -0.2) is 67.5 Å². The molecule has 1 fully saturated rings. The van der Waals surface area contributed by atoms with Crippen molar-refractivity contribution in [1.82, 2.24) is 4.31 Å². The number of aliphatic hydroxyl groups excluding tert-OH is 1. The van der Waals surface area contributed by atoms with E-state index in [0.717, 1.165) is 5.56 Å². The minimum Gasteiger partial charge on any atom is -0.480 e. The molecule has 0 amide bonds. The minimum absolute atomic E-state index is 0.106. The van der Waals surface area contributed by atoms with Gasteiger partial charge in [-0.15, -0.1) is 0 Å². The molecule has 1 aromatic carbocycles. The monoisotopic (exact) mass is 377 g/mol. The average molecular weight is 377 g/mol. The molecule has 1 aliphatic rings. The fraction of sp³-hybridized carbons (Fsp3) is 0.500. The Morgan fingerprint density at radius 2 is 1.92 bits per heavy atom. The van der Waals surface area contributed by atoms with Crippen LogP contribution in [0.1, 0.15) is 11.1 Å². The molecule has 0 aliphatic carbocycles. The van der Waals surface area contributed by atoms with E-state index in [2.05, 4.69) is 0 Å². The van der Waals surface area contributed by atoms with E-state index in [9.17, 15) is 26.7 Å². The molecule has 0 bridgehead atoms. The highest BCUT2D eigenvalue weighted by Crippen LogP contribution is 2.27. The quantitative estimate of drug-likeness (QED) is 0.710. The topological polar surface area (TPSA) is 129 Å². The van der Waals surface area contributed by atoms with E-state index in [0.29, 0.717) is 9.87 Å². The Morgan fingerprint density at radius 3 is 2.38 bits per heavy atom. The van der Waals surface area contributed by atoms with Crippen molar-refractivity contribution in [3.8, 4) is 0 Å². The predicted molar refractivity (Wildman–Crippen MR) is 85.9 cm³/mol. The molecule has 2 N–H and O–H groups in total. The number of carboxylic acids is 1. The summed E-state index contributed by atoms with van der Waals surface area (Å²) in [5.74, 6) is -2.62. The fourth-order valence-corrected chi connectivity index (χ4v) is 6.52. The van der Waals surface area contributed by atoms with Gasteiger partial charge in [0.2, 0.25) is 10.0 Å². The highest BCUT2D eigenvalue weighted by Gasteiger charge is 2.45. The van der Waals surface area contributed by atoms with Crippen molar-refractivity contribution in [3.05, 3.63) is 29.3 Å². The van der Waals surface area contributed by atoms with Crippen LogP contribution in [0.15, 0.2) is 23.1 Å². The van der Waals surface area contributed by atoms with Gasteiger partial charge in [0.05, 0.1) is 28.5 Å². The number of benzene rings is 1. The summed E-state index contributed by atoms with van der Waals surface area (Å²) in [6.07, 6.45) is -1.46. The zero-order valence-electron chi connectivity index (χ0n) is 13.2. The standard InChI is InChI=1S/C14H19NO7S2/c1-9-3-4-13(10(2)5-9)24(21,22)15(6-14(17)18)11-7-23(19,20)8-12(11)16/h3-5,11-12,16H,6-8H2,1-2H3,(H,17,18)/t11-,12-/m1/s1. The number of carbonyl (C=O) groups is 1.